The predicted octanol–water partition coefficient (Wildman–Crippen LogP) is 3.93. The normalized spacial score (nSPS) is 12.2. The maximum atomic E-state index is 10.1. The van der Waals surface area contributed by atoms with Gasteiger partial charge in [-0.25, -0.2) is 0 Å². The van der Waals surface area contributed by atoms with Crippen molar-refractivity contribution in [1.82, 2.24) is 4.98 Å². The third kappa shape index (κ3) is 2.64. The van der Waals surface area contributed by atoms with Crippen LogP contribution < -0.4 is 14.8 Å². The molecule has 1 aromatic heterocycles. The van der Waals surface area contributed by atoms with E-state index in [1.165, 1.54) is 0 Å². The Morgan fingerprint density at radius 2 is 1.96 bits per heavy atom. The molecule has 2 aromatic carbocycles. The van der Waals surface area contributed by atoms with Crippen molar-refractivity contribution in [3.8, 4) is 28.4 Å². The molecule has 0 saturated carbocycles. The Bertz CT molecular complexity index is 850. The van der Waals surface area contributed by atoms with Crippen molar-refractivity contribution in [2.75, 3.05) is 12.1 Å². The number of benzene rings is 2. The molecule has 0 saturated heterocycles. The zero-order valence-electron chi connectivity index (χ0n) is 12.2. The van der Waals surface area contributed by atoms with E-state index in [9.17, 15) is 5.11 Å². The number of aromatic nitrogens is 1. The molecule has 2 N–H and O–H groups in total. The summed E-state index contributed by atoms with van der Waals surface area (Å²) in [5, 5.41) is 13.3. The van der Waals surface area contributed by atoms with E-state index in [1.54, 1.807) is 24.5 Å². The zero-order valence-corrected chi connectivity index (χ0v) is 12.2. The lowest BCUT2D eigenvalue weighted by Crippen LogP contribution is -1.94. The van der Waals surface area contributed by atoms with Crippen LogP contribution in [-0.4, -0.2) is 16.9 Å². The van der Waals surface area contributed by atoms with Gasteiger partial charge in [-0.3, -0.25) is 4.98 Å². The molecule has 0 aliphatic carbocycles. The molecule has 0 amide bonds. The quantitative estimate of drug-likeness (QED) is 0.767. The van der Waals surface area contributed by atoms with Gasteiger partial charge in [0.1, 0.15) is 5.75 Å². The number of para-hydroxylation sites is 1. The number of aromatic hydroxyl groups is 1. The van der Waals surface area contributed by atoms with E-state index in [2.05, 4.69) is 10.3 Å². The van der Waals surface area contributed by atoms with E-state index in [-0.39, 0.29) is 12.5 Å². The van der Waals surface area contributed by atoms with Gasteiger partial charge >= 0.3 is 0 Å². The second-order valence-corrected chi connectivity index (χ2v) is 5.17. The molecular formula is C18H14N2O3. The largest absolute Gasteiger partial charge is 0.508 e. The van der Waals surface area contributed by atoms with Crippen molar-refractivity contribution < 1.29 is 14.6 Å². The Kier molecular flexibility index (Phi) is 3.24. The summed E-state index contributed by atoms with van der Waals surface area (Å²) in [7, 11) is 0. The van der Waals surface area contributed by atoms with E-state index in [4.69, 9.17) is 9.47 Å². The fraction of sp³-hybridized carbons (Fsp3) is 0.0556. The lowest BCUT2D eigenvalue weighted by atomic mass is 10.0. The van der Waals surface area contributed by atoms with Gasteiger partial charge in [0.2, 0.25) is 6.79 Å². The van der Waals surface area contributed by atoms with Crippen LogP contribution in [-0.2, 0) is 0 Å². The molecule has 4 rings (SSSR count). The van der Waals surface area contributed by atoms with E-state index < -0.39 is 0 Å². The van der Waals surface area contributed by atoms with Crippen LogP contribution in [0.1, 0.15) is 0 Å². The number of nitrogens with one attached hydrogen (secondary N) is 1. The molecular weight excluding hydrogens is 292 g/mol. The van der Waals surface area contributed by atoms with Gasteiger partial charge in [-0.2, -0.15) is 0 Å². The molecule has 0 radical (unpaired) electrons. The van der Waals surface area contributed by atoms with Gasteiger partial charge in [0, 0.05) is 23.5 Å². The first-order valence-electron chi connectivity index (χ1n) is 7.20. The van der Waals surface area contributed by atoms with Crippen LogP contribution in [0.15, 0.2) is 60.9 Å². The van der Waals surface area contributed by atoms with Gasteiger partial charge in [0.05, 0.1) is 11.9 Å². The van der Waals surface area contributed by atoms with Gasteiger partial charge in [0.25, 0.3) is 0 Å². The van der Waals surface area contributed by atoms with Crippen molar-refractivity contribution in [2.24, 2.45) is 0 Å². The van der Waals surface area contributed by atoms with Crippen LogP contribution in [0.5, 0.6) is 17.2 Å². The zero-order chi connectivity index (χ0) is 15.6. The average Bonchev–Trinajstić information content (AvgIpc) is 3.04. The SMILES string of the molecule is Oc1cc(Nc2cccnc2)cc(-c2cccc3c2OCO3)c1. The second kappa shape index (κ2) is 5.53. The molecule has 5 nitrogen and oxygen atoms in total. The number of ether oxygens (including phenoxy) is 2. The fourth-order valence-electron chi connectivity index (χ4n) is 2.60. The highest BCUT2D eigenvalue weighted by Crippen LogP contribution is 2.42. The standard InChI is InChI=1S/C18H14N2O3/c21-15-8-12(16-4-1-5-17-18(16)23-11-22-17)7-14(9-15)20-13-3-2-6-19-10-13/h1-10,20-21H,11H2. The van der Waals surface area contributed by atoms with Crippen molar-refractivity contribution in [1.29, 1.82) is 0 Å². The van der Waals surface area contributed by atoms with Crippen molar-refractivity contribution in [2.45, 2.75) is 0 Å². The minimum absolute atomic E-state index is 0.172. The number of rotatable bonds is 3. The summed E-state index contributed by atoms with van der Waals surface area (Å²) in [6.45, 7) is 0.214. The molecule has 0 atom stereocenters. The van der Waals surface area contributed by atoms with Crippen LogP contribution in [0.4, 0.5) is 11.4 Å². The summed E-state index contributed by atoms with van der Waals surface area (Å²) in [6.07, 6.45) is 3.44. The smallest absolute Gasteiger partial charge is 0.231 e. The summed E-state index contributed by atoms with van der Waals surface area (Å²) >= 11 is 0. The molecule has 23 heavy (non-hydrogen) atoms. The number of nitrogens with zero attached hydrogens (tertiary/aromatic N) is 1. The van der Waals surface area contributed by atoms with Gasteiger partial charge < -0.3 is 19.9 Å². The molecule has 0 unspecified atom stereocenters. The summed E-state index contributed by atoms with van der Waals surface area (Å²) in [4.78, 5) is 4.07. The molecule has 1 aliphatic heterocycles. The van der Waals surface area contributed by atoms with E-state index in [0.717, 1.165) is 22.5 Å². The third-order valence-corrected chi connectivity index (χ3v) is 3.58. The molecule has 0 bridgehead atoms. The first-order valence-corrected chi connectivity index (χ1v) is 7.20. The van der Waals surface area contributed by atoms with Crippen molar-refractivity contribution >= 4 is 11.4 Å². The van der Waals surface area contributed by atoms with Crippen LogP contribution in [0.25, 0.3) is 11.1 Å². The summed E-state index contributed by atoms with van der Waals surface area (Å²) < 4.78 is 11.0. The van der Waals surface area contributed by atoms with E-state index in [1.807, 2.05) is 36.4 Å². The first-order chi connectivity index (χ1) is 11.3. The van der Waals surface area contributed by atoms with Crippen LogP contribution >= 0.6 is 0 Å². The highest BCUT2D eigenvalue weighted by Gasteiger charge is 2.18. The van der Waals surface area contributed by atoms with E-state index in [0.29, 0.717) is 11.5 Å². The molecule has 2 heterocycles. The molecule has 0 spiro atoms. The summed E-state index contributed by atoms with van der Waals surface area (Å²) in [5.74, 6) is 1.59. The van der Waals surface area contributed by atoms with Gasteiger partial charge in [0.15, 0.2) is 11.5 Å². The highest BCUT2D eigenvalue weighted by atomic mass is 16.7. The number of hydrogen-bond donors (Lipinski definition) is 2. The Hall–Kier alpha value is -3.21. The highest BCUT2D eigenvalue weighted by molar-refractivity contribution is 5.79. The fourth-order valence-corrected chi connectivity index (χ4v) is 2.60. The maximum Gasteiger partial charge on any atom is 0.231 e. The number of anilines is 2. The predicted molar refractivity (Wildman–Crippen MR) is 87.2 cm³/mol. The van der Waals surface area contributed by atoms with E-state index >= 15 is 0 Å². The number of pyridine rings is 1. The van der Waals surface area contributed by atoms with Gasteiger partial charge in [-0.05, 0) is 35.9 Å². The first kappa shape index (κ1) is 13.5. The second-order valence-electron chi connectivity index (χ2n) is 5.17. The minimum Gasteiger partial charge on any atom is -0.508 e. The van der Waals surface area contributed by atoms with Crippen molar-refractivity contribution in [3.05, 3.63) is 60.9 Å². The number of fused-ring (bicyclic) bond motifs is 1. The molecule has 0 fully saturated rings. The Morgan fingerprint density at radius 1 is 1.00 bits per heavy atom. The van der Waals surface area contributed by atoms with Gasteiger partial charge in [-0.15, -0.1) is 0 Å². The van der Waals surface area contributed by atoms with Gasteiger partial charge in [-0.1, -0.05) is 12.1 Å². The van der Waals surface area contributed by atoms with Crippen LogP contribution in [0.3, 0.4) is 0 Å². The Morgan fingerprint density at radius 3 is 2.83 bits per heavy atom. The monoisotopic (exact) mass is 306 g/mol. The topological polar surface area (TPSA) is 63.6 Å². The Labute approximate surface area is 133 Å². The number of phenolic OH excluding ortho intramolecular Hbond substituents is 1. The lowest BCUT2D eigenvalue weighted by Gasteiger charge is -2.11. The number of hydrogen-bond acceptors (Lipinski definition) is 5. The lowest BCUT2D eigenvalue weighted by molar-refractivity contribution is 0.174. The Balaban J connectivity index is 1.74. The average molecular weight is 306 g/mol. The molecule has 1 aliphatic rings. The number of phenols is 1. The third-order valence-electron chi connectivity index (χ3n) is 3.58. The van der Waals surface area contributed by atoms with Crippen LogP contribution in [0.2, 0.25) is 0 Å². The molecule has 3 aromatic rings. The molecule has 114 valence electrons. The van der Waals surface area contributed by atoms with Crippen LogP contribution in [0, 0.1) is 0 Å². The minimum atomic E-state index is 0.172. The molecule has 5 heteroatoms. The summed E-state index contributed by atoms with van der Waals surface area (Å²) in [5.41, 5.74) is 3.34. The summed E-state index contributed by atoms with van der Waals surface area (Å²) in [6, 6.07) is 14.8. The maximum absolute atomic E-state index is 10.1. The van der Waals surface area contributed by atoms with Crippen molar-refractivity contribution in [3.63, 3.8) is 0 Å².